The minimum absolute atomic E-state index is 0.487. The minimum atomic E-state index is -0.487. The van der Waals surface area contributed by atoms with Gasteiger partial charge in [0.25, 0.3) is 0 Å². The molecule has 54 heavy (non-hydrogen) atoms. The van der Waals surface area contributed by atoms with Gasteiger partial charge in [-0.2, -0.15) is 0 Å². The van der Waals surface area contributed by atoms with Gasteiger partial charge in [0.15, 0.2) is 0 Å². The maximum absolute atomic E-state index is 2.45. The molecule has 1 aliphatic carbocycles. The van der Waals surface area contributed by atoms with Gasteiger partial charge in [0, 0.05) is 16.9 Å². The molecule has 9 aromatic carbocycles. The monoisotopic (exact) mass is 687 g/mol. The van der Waals surface area contributed by atoms with Crippen LogP contribution in [0.5, 0.6) is 0 Å². The number of nitrogens with zero attached hydrogens (tertiary/aromatic N) is 1. The zero-order chi connectivity index (χ0) is 35.9. The fraction of sp³-hybridized carbons (Fsp3) is 0.0189. The summed E-state index contributed by atoms with van der Waals surface area (Å²) in [5.41, 5.74) is 15.3. The van der Waals surface area contributed by atoms with Crippen LogP contribution in [0, 0.1) is 0 Å². The van der Waals surface area contributed by atoms with Crippen LogP contribution in [0.2, 0.25) is 0 Å². The topological polar surface area (TPSA) is 3.24 Å². The molecule has 10 rings (SSSR count). The van der Waals surface area contributed by atoms with Crippen LogP contribution in [0.1, 0.15) is 22.3 Å². The average Bonchev–Trinajstić information content (AvgIpc) is 3.55. The number of para-hydroxylation sites is 2. The molecule has 0 aromatic heterocycles. The Kier molecular flexibility index (Phi) is 7.78. The van der Waals surface area contributed by atoms with E-state index in [1.165, 1.54) is 66.4 Å². The molecule has 9 aromatic rings. The molecular formula is C53H37N. The van der Waals surface area contributed by atoms with E-state index in [-0.39, 0.29) is 0 Å². The van der Waals surface area contributed by atoms with Crippen LogP contribution in [0.25, 0.3) is 44.2 Å². The van der Waals surface area contributed by atoms with E-state index in [9.17, 15) is 0 Å². The Hall–Kier alpha value is -6.96. The number of rotatable bonds is 7. The van der Waals surface area contributed by atoms with Crippen LogP contribution in [0.15, 0.2) is 224 Å². The highest BCUT2D eigenvalue weighted by atomic mass is 15.1. The van der Waals surface area contributed by atoms with Gasteiger partial charge in [0.05, 0.1) is 11.1 Å². The molecule has 0 saturated heterocycles. The van der Waals surface area contributed by atoms with Crippen molar-refractivity contribution in [2.24, 2.45) is 0 Å². The molecule has 0 saturated carbocycles. The van der Waals surface area contributed by atoms with Crippen molar-refractivity contribution in [3.63, 3.8) is 0 Å². The highest BCUT2D eigenvalue weighted by Crippen LogP contribution is 2.57. The maximum Gasteiger partial charge on any atom is 0.0714 e. The predicted molar refractivity (Wildman–Crippen MR) is 227 cm³/mol. The molecule has 0 heterocycles. The lowest BCUT2D eigenvalue weighted by Gasteiger charge is -2.35. The van der Waals surface area contributed by atoms with Gasteiger partial charge in [-0.05, 0) is 97.2 Å². The first-order valence-electron chi connectivity index (χ1n) is 18.7. The quantitative estimate of drug-likeness (QED) is 0.161. The normalized spacial score (nSPS) is 12.6. The van der Waals surface area contributed by atoms with Crippen LogP contribution in [0.3, 0.4) is 0 Å². The van der Waals surface area contributed by atoms with E-state index >= 15 is 0 Å². The number of benzene rings is 9. The van der Waals surface area contributed by atoms with E-state index in [4.69, 9.17) is 0 Å². The fourth-order valence-electron chi connectivity index (χ4n) is 8.82. The Morgan fingerprint density at radius 1 is 0.315 bits per heavy atom. The average molecular weight is 688 g/mol. The molecule has 0 N–H and O–H groups in total. The van der Waals surface area contributed by atoms with E-state index in [0.717, 1.165) is 17.1 Å². The first-order valence-corrected chi connectivity index (χ1v) is 18.7. The van der Waals surface area contributed by atoms with Gasteiger partial charge in [-0.1, -0.05) is 188 Å². The summed E-state index contributed by atoms with van der Waals surface area (Å²) in [5.74, 6) is 0. The molecule has 1 nitrogen and oxygen atoms in total. The molecule has 0 radical (unpaired) electrons. The molecule has 0 amide bonds. The van der Waals surface area contributed by atoms with Crippen LogP contribution in [0.4, 0.5) is 17.1 Å². The van der Waals surface area contributed by atoms with Crippen molar-refractivity contribution in [2.45, 2.75) is 5.41 Å². The third-order valence-corrected chi connectivity index (χ3v) is 11.1. The predicted octanol–water partition coefficient (Wildman–Crippen LogP) is 14.0. The van der Waals surface area contributed by atoms with Crippen molar-refractivity contribution in [1.29, 1.82) is 0 Å². The van der Waals surface area contributed by atoms with E-state index < -0.39 is 5.41 Å². The van der Waals surface area contributed by atoms with E-state index in [1.807, 2.05) is 0 Å². The maximum atomic E-state index is 2.45. The molecule has 0 unspecified atom stereocenters. The second-order valence-electron chi connectivity index (χ2n) is 14.1. The van der Waals surface area contributed by atoms with Crippen molar-refractivity contribution < 1.29 is 0 Å². The number of fused-ring (bicyclic) bond motifs is 4. The van der Waals surface area contributed by atoms with Crippen LogP contribution in [-0.2, 0) is 5.41 Å². The lowest BCUT2D eigenvalue weighted by atomic mass is 9.67. The zero-order valence-electron chi connectivity index (χ0n) is 29.8. The van der Waals surface area contributed by atoms with Gasteiger partial charge in [0.2, 0.25) is 0 Å². The first kappa shape index (κ1) is 31.7. The summed E-state index contributed by atoms with van der Waals surface area (Å²) in [7, 11) is 0. The third kappa shape index (κ3) is 5.09. The lowest BCUT2D eigenvalue weighted by Crippen LogP contribution is -2.28. The molecule has 1 heteroatoms. The van der Waals surface area contributed by atoms with Gasteiger partial charge in [-0.3, -0.25) is 0 Å². The highest BCUT2D eigenvalue weighted by Gasteiger charge is 2.46. The van der Waals surface area contributed by atoms with Crippen molar-refractivity contribution in [1.82, 2.24) is 0 Å². The SMILES string of the molecule is c1ccc(N(c2ccc3c(c2)C(c2ccccc2)(c2ccccc2)c2ccccc2-3)c2ccccc2-c2cccc(-c3cccc4ccccc34)c2)cc1. The number of hydrogen-bond acceptors (Lipinski definition) is 1. The Morgan fingerprint density at radius 2 is 0.852 bits per heavy atom. The largest absolute Gasteiger partial charge is 0.310 e. The van der Waals surface area contributed by atoms with Crippen molar-refractivity contribution in [2.75, 3.05) is 4.90 Å². The number of anilines is 3. The molecular weight excluding hydrogens is 651 g/mol. The van der Waals surface area contributed by atoms with Crippen molar-refractivity contribution in [3.05, 3.63) is 247 Å². The molecule has 0 fully saturated rings. The van der Waals surface area contributed by atoms with Gasteiger partial charge < -0.3 is 4.90 Å². The summed E-state index contributed by atoms with van der Waals surface area (Å²) < 4.78 is 0. The summed E-state index contributed by atoms with van der Waals surface area (Å²) in [4.78, 5) is 2.43. The Morgan fingerprint density at radius 3 is 1.61 bits per heavy atom. The van der Waals surface area contributed by atoms with E-state index in [0.29, 0.717) is 0 Å². The third-order valence-electron chi connectivity index (χ3n) is 11.1. The van der Waals surface area contributed by atoms with Gasteiger partial charge in [-0.25, -0.2) is 0 Å². The Bertz CT molecular complexity index is 2720. The molecule has 254 valence electrons. The van der Waals surface area contributed by atoms with Crippen molar-refractivity contribution >= 4 is 27.8 Å². The molecule has 0 spiro atoms. The summed E-state index contributed by atoms with van der Waals surface area (Å²) in [6.45, 7) is 0. The Labute approximate surface area is 317 Å². The van der Waals surface area contributed by atoms with E-state index in [2.05, 4.69) is 229 Å². The van der Waals surface area contributed by atoms with E-state index in [1.54, 1.807) is 0 Å². The lowest BCUT2D eigenvalue weighted by molar-refractivity contribution is 0.768. The van der Waals surface area contributed by atoms with Gasteiger partial charge in [0.1, 0.15) is 0 Å². The zero-order valence-corrected chi connectivity index (χ0v) is 29.8. The summed E-state index contributed by atoms with van der Waals surface area (Å²) >= 11 is 0. The first-order chi connectivity index (χ1) is 26.8. The van der Waals surface area contributed by atoms with Gasteiger partial charge in [-0.15, -0.1) is 0 Å². The fourth-order valence-corrected chi connectivity index (χ4v) is 8.82. The van der Waals surface area contributed by atoms with Crippen LogP contribution in [-0.4, -0.2) is 0 Å². The molecule has 0 bridgehead atoms. The summed E-state index contributed by atoms with van der Waals surface area (Å²) in [6.07, 6.45) is 0. The Balaban J connectivity index is 1.20. The van der Waals surface area contributed by atoms with Crippen LogP contribution >= 0.6 is 0 Å². The minimum Gasteiger partial charge on any atom is -0.310 e. The van der Waals surface area contributed by atoms with Gasteiger partial charge >= 0.3 is 0 Å². The highest BCUT2D eigenvalue weighted by molar-refractivity contribution is 5.98. The standard InChI is InChI=1S/C53H37N/c1-4-22-41(23-5-1)53(42-24-6-2-7-25-42)50-32-14-12-30-48(50)49-35-34-44(37-51(49)53)54(43-26-8-3-9-27-43)52-33-15-13-29-47(52)40-21-16-20-39(36-40)46-31-17-19-38-18-10-11-28-45(38)46/h1-37H. The summed E-state index contributed by atoms with van der Waals surface area (Å²) in [5, 5.41) is 2.51. The second kappa shape index (κ2) is 13.2. The van der Waals surface area contributed by atoms with Crippen LogP contribution < -0.4 is 4.90 Å². The molecule has 1 aliphatic rings. The second-order valence-corrected chi connectivity index (χ2v) is 14.1. The summed E-state index contributed by atoms with van der Waals surface area (Å²) in [6, 6.07) is 82.0. The van der Waals surface area contributed by atoms with Crippen molar-refractivity contribution in [3.8, 4) is 33.4 Å². The smallest absolute Gasteiger partial charge is 0.0714 e. The number of hydrogen-bond donors (Lipinski definition) is 0. The molecule has 0 aliphatic heterocycles. The molecule has 0 atom stereocenters.